The van der Waals surface area contributed by atoms with Crippen molar-refractivity contribution in [1.29, 1.82) is 0 Å². The summed E-state index contributed by atoms with van der Waals surface area (Å²) in [6, 6.07) is 8.70. The van der Waals surface area contributed by atoms with Gasteiger partial charge in [0.25, 0.3) is 0 Å². The zero-order valence-electron chi connectivity index (χ0n) is 11.3. The van der Waals surface area contributed by atoms with Crippen LogP contribution in [0.1, 0.15) is 25.3 Å². The fourth-order valence-electron chi connectivity index (χ4n) is 3.14. The summed E-state index contributed by atoms with van der Waals surface area (Å²) in [5.74, 6) is 0.892. The van der Waals surface area contributed by atoms with Gasteiger partial charge in [-0.05, 0) is 48.7 Å². The summed E-state index contributed by atoms with van der Waals surface area (Å²) >= 11 is 6.36. The molecule has 0 amide bonds. The summed E-state index contributed by atoms with van der Waals surface area (Å²) in [6.45, 7) is 3.28. The Labute approximate surface area is 120 Å². The van der Waals surface area contributed by atoms with Crippen LogP contribution in [0.4, 0.5) is 0 Å². The molecular formula is C14H19ClNO2P. The molecule has 3 nitrogen and oxygen atoms in total. The fourth-order valence-corrected chi connectivity index (χ4v) is 5.67. The molecule has 104 valence electrons. The summed E-state index contributed by atoms with van der Waals surface area (Å²) in [4.78, 5) is 0. The molecule has 5 heteroatoms. The predicted molar refractivity (Wildman–Crippen MR) is 78.7 cm³/mol. The quantitative estimate of drug-likeness (QED) is 0.789. The van der Waals surface area contributed by atoms with Crippen LogP contribution in [0, 0.1) is 0 Å². The van der Waals surface area contributed by atoms with Gasteiger partial charge in [0.1, 0.15) is 5.75 Å². The van der Waals surface area contributed by atoms with Crippen molar-refractivity contribution in [1.82, 2.24) is 4.67 Å². The third-order valence-corrected chi connectivity index (χ3v) is 6.37. The number of halogens is 1. The Bertz CT molecular complexity index is 455. The molecule has 1 unspecified atom stereocenters. The van der Waals surface area contributed by atoms with Crippen molar-refractivity contribution >= 4 is 18.9 Å². The number of benzene rings is 1. The third kappa shape index (κ3) is 2.50. The molecule has 3 rings (SSSR count). The van der Waals surface area contributed by atoms with Crippen LogP contribution in [0.15, 0.2) is 24.3 Å². The van der Waals surface area contributed by atoms with Gasteiger partial charge in [0.05, 0.1) is 12.7 Å². The van der Waals surface area contributed by atoms with Gasteiger partial charge in [-0.15, -0.1) is 0 Å². The van der Waals surface area contributed by atoms with Crippen molar-refractivity contribution in [2.45, 2.75) is 37.8 Å². The Hall–Kier alpha value is -0.340. The van der Waals surface area contributed by atoms with Gasteiger partial charge in [-0.1, -0.05) is 12.1 Å². The lowest BCUT2D eigenvalue weighted by Crippen LogP contribution is -2.41. The number of hydrogen-bond acceptors (Lipinski definition) is 3. The molecule has 0 bridgehead atoms. The number of nitrogens with zero attached hydrogens (tertiary/aromatic N) is 1. The van der Waals surface area contributed by atoms with Gasteiger partial charge in [0.2, 0.25) is 7.65 Å². The number of ether oxygens (including phenoxy) is 1. The molecule has 2 fully saturated rings. The lowest BCUT2D eigenvalue weighted by atomic mass is 9.88. The van der Waals surface area contributed by atoms with Gasteiger partial charge < -0.3 is 9.26 Å². The Kier molecular flexibility index (Phi) is 3.74. The SMILES string of the molecule is COc1ccc(C[C@@]2(C)OP(Cl)N3CCC[C@H]32)cc1. The van der Waals surface area contributed by atoms with Gasteiger partial charge in [0, 0.05) is 19.0 Å². The average Bonchev–Trinajstić information content (AvgIpc) is 2.96. The summed E-state index contributed by atoms with van der Waals surface area (Å²) in [7, 11) is 0.770. The standard InChI is InChI=1S/C14H19ClNO2P/c1-14(10-11-5-7-12(17-2)8-6-11)13-4-3-9-16(13)19(15)18-14/h5-8,13H,3-4,9-10H2,1-2H3/t13-,14+,19?/m0/s1. The van der Waals surface area contributed by atoms with E-state index in [1.807, 2.05) is 12.1 Å². The maximum Gasteiger partial charge on any atom is 0.207 e. The molecule has 2 heterocycles. The van der Waals surface area contributed by atoms with Crippen LogP contribution in [-0.4, -0.2) is 30.0 Å². The van der Waals surface area contributed by atoms with E-state index in [1.54, 1.807) is 7.11 Å². The number of rotatable bonds is 3. The third-order valence-electron chi connectivity index (χ3n) is 4.13. The van der Waals surface area contributed by atoms with E-state index in [9.17, 15) is 0 Å². The molecule has 19 heavy (non-hydrogen) atoms. The Morgan fingerprint density at radius 2 is 2.21 bits per heavy atom. The summed E-state index contributed by atoms with van der Waals surface area (Å²) < 4.78 is 13.6. The van der Waals surface area contributed by atoms with E-state index in [1.165, 1.54) is 18.4 Å². The van der Waals surface area contributed by atoms with Crippen molar-refractivity contribution in [3.8, 4) is 5.75 Å². The zero-order valence-corrected chi connectivity index (χ0v) is 13.0. The molecule has 3 atom stereocenters. The van der Waals surface area contributed by atoms with Crippen LogP contribution in [0.5, 0.6) is 5.75 Å². The van der Waals surface area contributed by atoms with E-state index >= 15 is 0 Å². The van der Waals surface area contributed by atoms with E-state index in [0.29, 0.717) is 6.04 Å². The molecule has 1 aromatic rings. The molecule has 0 aromatic heterocycles. The molecule has 0 radical (unpaired) electrons. The highest BCUT2D eigenvalue weighted by Crippen LogP contribution is 2.62. The van der Waals surface area contributed by atoms with Gasteiger partial charge in [-0.2, -0.15) is 0 Å². The normalized spacial score (nSPS) is 34.5. The van der Waals surface area contributed by atoms with Crippen molar-refractivity contribution in [2.75, 3.05) is 13.7 Å². The molecule has 0 saturated carbocycles. The monoisotopic (exact) mass is 299 g/mol. The second kappa shape index (κ2) is 5.21. The largest absolute Gasteiger partial charge is 0.497 e. The molecule has 2 saturated heterocycles. The minimum absolute atomic E-state index is 0.154. The first-order valence-electron chi connectivity index (χ1n) is 6.67. The number of methoxy groups -OCH3 is 1. The van der Waals surface area contributed by atoms with Crippen LogP contribution in [0.3, 0.4) is 0 Å². The molecule has 0 aliphatic carbocycles. The molecule has 2 aliphatic heterocycles. The first-order chi connectivity index (χ1) is 9.12. The second-order valence-electron chi connectivity index (χ2n) is 5.48. The topological polar surface area (TPSA) is 21.7 Å². The minimum Gasteiger partial charge on any atom is -0.497 e. The van der Waals surface area contributed by atoms with E-state index in [0.717, 1.165) is 18.7 Å². The van der Waals surface area contributed by atoms with Gasteiger partial charge in [0.15, 0.2) is 0 Å². The maximum atomic E-state index is 6.36. The van der Waals surface area contributed by atoms with Crippen LogP contribution in [0.2, 0.25) is 0 Å². The van der Waals surface area contributed by atoms with Gasteiger partial charge >= 0.3 is 0 Å². The van der Waals surface area contributed by atoms with E-state index in [-0.39, 0.29) is 5.60 Å². The van der Waals surface area contributed by atoms with E-state index in [4.69, 9.17) is 20.5 Å². The Balaban J connectivity index is 1.77. The number of fused-ring (bicyclic) bond motifs is 1. The first kappa shape index (κ1) is 13.6. The maximum absolute atomic E-state index is 6.36. The van der Waals surface area contributed by atoms with Gasteiger partial charge in [-0.25, -0.2) is 4.67 Å². The van der Waals surface area contributed by atoms with Crippen molar-refractivity contribution in [2.24, 2.45) is 0 Å². The van der Waals surface area contributed by atoms with Crippen LogP contribution >= 0.6 is 18.9 Å². The first-order valence-corrected chi connectivity index (χ1v) is 8.79. The molecule has 1 aromatic carbocycles. The zero-order chi connectivity index (χ0) is 13.5. The lowest BCUT2D eigenvalue weighted by molar-refractivity contribution is 0.0916. The highest BCUT2D eigenvalue weighted by Gasteiger charge is 2.52. The summed E-state index contributed by atoms with van der Waals surface area (Å²) in [5, 5.41) is 0. The summed E-state index contributed by atoms with van der Waals surface area (Å²) in [6.07, 6.45) is 3.33. The van der Waals surface area contributed by atoms with Gasteiger partial charge in [-0.3, -0.25) is 0 Å². The van der Waals surface area contributed by atoms with Crippen molar-refractivity contribution < 1.29 is 9.26 Å². The molecule has 0 spiro atoms. The average molecular weight is 300 g/mol. The van der Waals surface area contributed by atoms with Crippen molar-refractivity contribution in [3.63, 3.8) is 0 Å². The Morgan fingerprint density at radius 3 is 2.89 bits per heavy atom. The van der Waals surface area contributed by atoms with E-state index < -0.39 is 7.65 Å². The predicted octanol–water partition coefficient (Wildman–Crippen LogP) is 3.96. The van der Waals surface area contributed by atoms with Crippen LogP contribution in [-0.2, 0) is 10.9 Å². The van der Waals surface area contributed by atoms with Crippen LogP contribution in [0.25, 0.3) is 0 Å². The highest BCUT2D eigenvalue weighted by atomic mass is 35.7. The fraction of sp³-hybridized carbons (Fsp3) is 0.571. The Morgan fingerprint density at radius 1 is 1.47 bits per heavy atom. The second-order valence-corrected chi connectivity index (χ2v) is 7.49. The number of hydrogen-bond donors (Lipinski definition) is 0. The summed E-state index contributed by atoms with van der Waals surface area (Å²) in [5.41, 5.74) is 1.12. The highest BCUT2D eigenvalue weighted by molar-refractivity contribution is 7.78. The molecule has 2 aliphatic rings. The molecular weight excluding hydrogens is 281 g/mol. The van der Waals surface area contributed by atoms with E-state index in [2.05, 4.69) is 23.7 Å². The minimum atomic E-state index is -0.918. The van der Waals surface area contributed by atoms with Crippen molar-refractivity contribution in [3.05, 3.63) is 29.8 Å². The van der Waals surface area contributed by atoms with Crippen LogP contribution < -0.4 is 4.74 Å². The smallest absolute Gasteiger partial charge is 0.207 e. The lowest BCUT2D eigenvalue weighted by Gasteiger charge is -2.28. The molecule has 0 N–H and O–H groups in total.